The number of phenols is 1. The molecule has 4 unspecified atom stereocenters. The van der Waals surface area contributed by atoms with Gasteiger partial charge in [0.05, 0.1) is 20.3 Å². The van der Waals surface area contributed by atoms with E-state index in [2.05, 4.69) is 38.1 Å². The molecule has 0 spiro atoms. The van der Waals surface area contributed by atoms with Crippen LogP contribution in [0.4, 0.5) is 0 Å². The van der Waals surface area contributed by atoms with Crippen molar-refractivity contribution >= 4 is 0 Å². The highest BCUT2D eigenvalue weighted by atomic mass is 16.5. The van der Waals surface area contributed by atoms with Gasteiger partial charge in [-0.1, -0.05) is 18.6 Å². The minimum atomic E-state index is 0.283. The Morgan fingerprint density at radius 1 is 1.21 bits per heavy atom. The maximum Gasteiger partial charge on any atom is 0.160 e. The summed E-state index contributed by atoms with van der Waals surface area (Å²) in [5.74, 6) is 3.03. The van der Waals surface area contributed by atoms with Gasteiger partial charge in [-0.2, -0.15) is 0 Å². The number of likely N-dealkylation sites (N-methyl/N-ethyl adjacent to an activating group) is 1. The highest BCUT2D eigenvalue weighted by Gasteiger charge is 2.52. The third kappa shape index (κ3) is 3.82. The molecule has 4 atom stereocenters. The van der Waals surface area contributed by atoms with Crippen LogP contribution in [0.2, 0.25) is 0 Å². The quantitative estimate of drug-likeness (QED) is 0.553. The van der Waals surface area contributed by atoms with Crippen molar-refractivity contribution in [2.45, 2.75) is 51.4 Å². The number of rotatable bonds is 6. The second-order valence-corrected chi connectivity index (χ2v) is 9.74. The molecule has 2 saturated carbocycles. The van der Waals surface area contributed by atoms with Crippen LogP contribution < -0.4 is 4.74 Å². The molecule has 4 rings (SSSR count). The van der Waals surface area contributed by atoms with E-state index < -0.39 is 0 Å². The lowest BCUT2D eigenvalue weighted by molar-refractivity contribution is 0.0800. The van der Waals surface area contributed by atoms with Crippen LogP contribution in [0, 0.1) is 17.3 Å². The van der Waals surface area contributed by atoms with Crippen LogP contribution in [0.3, 0.4) is 0 Å². The Morgan fingerprint density at radius 2 is 2.03 bits per heavy atom. The Morgan fingerprint density at radius 3 is 2.79 bits per heavy atom. The van der Waals surface area contributed by atoms with Crippen LogP contribution in [0.15, 0.2) is 23.8 Å². The fourth-order valence-corrected chi connectivity index (χ4v) is 6.42. The lowest BCUT2D eigenvalue weighted by Crippen LogP contribution is -2.40. The molecule has 0 amide bonds. The maximum absolute atomic E-state index is 10.2. The van der Waals surface area contributed by atoms with Crippen LogP contribution >= 0.6 is 0 Å². The van der Waals surface area contributed by atoms with E-state index in [-0.39, 0.29) is 5.75 Å². The number of hydrogen-bond acceptors (Lipinski definition) is 4. The first-order valence-electron chi connectivity index (χ1n) is 11.3. The van der Waals surface area contributed by atoms with Gasteiger partial charge in [-0.25, -0.2) is 0 Å². The highest BCUT2D eigenvalue weighted by Crippen LogP contribution is 2.63. The highest BCUT2D eigenvalue weighted by molar-refractivity contribution is 5.49. The standard InChI is InChI=1S/C25H37NO3/c1-25-11-9-19-20(7-5-17-15-23(27)24(28-4)16-21(17)19)22(25)8-6-18(25)10-13-29-14-12-26(2)3/h10,15-16,19-20,22,27H,5-9,11-14H2,1-4H3/b18-10+. The number of nitrogens with zero attached hydrogens (tertiary/aromatic N) is 1. The first kappa shape index (κ1) is 20.7. The number of phenolic OH excluding ortho intramolecular Hbond substituents is 1. The summed E-state index contributed by atoms with van der Waals surface area (Å²) in [7, 11) is 5.82. The van der Waals surface area contributed by atoms with Crippen molar-refractivity contribution in [2.24, 2.45) is 17.3 Å². The lowest BCUT2D eigenvalue weighted by atomic mass is 9.55. The number of aryl methyl sites for hydroxylation is 1. The van der Waals surface area contributed by atoms with Gasteiger partial charge in [-0.15, -0.1) is 0 Å². The fraction of sp³-hybridized carbons (Fsp3) is 0.680. The molecule has 0 radical (unpaired) electrons. The Hall–Kier alpha value is -1.52. The second kappa shape index (κ2) is 8.31. The van der Waals surface area contributed by atoms with Gasteiger partial charge in [-0.3, -0.25) is 0 Å². The minimum absolute atomic E-state index is 0.283. The number of benzene rings is 1. The summed E-state index contributed by atoms with van der Waals surface area (Å²) in [4.78, 5) is 2.16. The largest absolute Gasteiger partial charge is 0.504 e. The van der Waals surface area contributed by atoms with Crippen LogP contribution in [0.1, 0.15) is 56.1 Å². The molecule has 3 aliphatic rings. The van der Waals surface area contributed by atoms with Gasteiger partial charge in [0.2, 0.25) is 0 Å². The molecular weight excluding hydrogens is 362 g/mol. The van der Waals surface area contributed by atoms with E-state index in [1.165, 1.54) is 43.2 Å². The van der Waals surface area contributed by atoms with Gasteiger partial charge >= 0.3 is 0 Å². The molecular formula is C25H37NO3. The molecule has 0 heterocycles. The molecule has 0 bridgehead atoms. The molecule has 0 saturated heterocycles. The normalized spacial score (nSPS) is 32.2. The Labute approximate surface area is 175 Å². The van der Waals surface area contributed by atoms with Gasteiger partial charge in [0.25, 0.3) is 0 Å². The first-order valence-corrected chi connectivity index (χ1v) is 11.3. The zero-order valence-electron chi connectivity index (χ0n) is 18.5. The molecule has 2 fully saturated rings. The topological polar surface area (TPSA) is 41.9 Å². The van der Waals surface area contributed by atoms with E-state index in [0.29, 0.717) is 17.1 Å². The average Bonchev–Trinajstić information content (AvgIpc) is 3.03. The lowest BCUT2D eigenvalue weighted by Gasteiger charge is -2.49. The number of aromatic hydroxyl groups is 1. The smallest absolute Gasteiger partial charge is 0.160 e. The van der Waals surface area contributed by atoms with E-state index in [9.17, 15) is 5.11 Å². The van der Waals surface area contributed by atoms with Gasteiger partial charge in [0, 0.05) is 6.54 Å². The summed E-state index contributed by atoms with van der Waals surface area (Å²) in [5, 5.41) is 10.2. The van der Waals surface area contributed by atoms with E-state index in [4.69, 9.17) is 9.47 Å². The predicted molar refractivity (Wildman–Crippen MR) is 117 cm³/mol. The van der Waals surface area contributed by atoms with E-state index in [0.717, 1.165) is 38.0 Å². The zero-order valence-corrected chi connectivity index (χ0v) is 18.5. The van der Waals surface area contributed by atoms with Crippen molar-refractivity contribution in [1.29, 1.82) is 0 Å². The molecule has 1 aromatic carbocycles. The number of allylic oxidation sites excluding steroid dienone is 1. The van der Waals surface area contributed by atoms with Gasteiger partial charge in [0.1, 0.15) is 0 Å². The zero-order chi connectivity index (χ0) is 20.6. The van der Waals surface area contributed by atoms with E-state index >= 15 is 0 Å². The maximum atomic E-state index is 10.2. The van der Waals surface area contributed by atoms with Crippen molar-refractivity contribution in [3.63, 3.8) is 0 Å². The van der Waals surface area contributed by atoms with Crippen LogP contribution in [-0.2, 0) is 11.2 Å². The number of hydrogen-bond donors (Lipinski definition) is 1. The molecule has 4 nitrogen and oxygen atoms in total. The van der Waals surface area contributed by atoms with Crippen LogP contribution in [0.5, 0.6) is 11.5 Å². The van der Waals surface area contributed by atoms with E-state index in [1.807, 2.05) is 6.07 Å². The van der Waals surface area contributed by atoms with Gasteiger partial charge in [-0.05, 0) is 99.0 Å². The van der Waals surface area contributed by atoms with Crippen molar-refractivity contribution in [3.05, 3.63) is 34.9 Å². The Kier molecular flexibility index (Phi) is 5.94. The molecule has 0 aromatic heterocycles. The molecule has 1 aromatic rings. The van der Waals surface area contributed by atoms with Crippen molar-refractivity contribution < 1.29 is 14.6 Å². The third-order valence-electron chi connectivity index (χ3n) is 8.00. The first-order chi connectivity index (χ1) is 13.9. The monoisotopic (exact) mass is 399 g/mol. The SMILES string of the molecule is COc1cc2c(cc1O)CCC1C2CCC2(C)/C(=C/COCCN(C)C)CCC12. The van der Waals surface area contributed by atoms with Crippen molar-refractivity contribution in [3.8, 4) is 11.5 Å². The van der Waals surface area contributed by atoms with Gasteiger partial charge < -0.3 is 19.5 Å². The van der Waals surface area contributed by atoms with Crippen molar-refractivity contribution in [1.82, 2.24) is 4.90 Å². The summed E-state index contributed by atoms with van der Waals surface area (Å²) < 4.78 is 11.3. The molecule has 29 heavy (non-hydrogen) atoms. The second-order valence-electron chi connectivity index (χ2n) is 9.74. The molecule has 0 aliphatic heterocycles. The summed E-state index contributed by atoms with van der Waals surface area (Å²) in [6.07, 6.45) is 9.75. The number of ether oxygens (including phenoxy) is 2. The Balaban J connectivity index is 1.49. The van der Waals surface area contributed by atoms with Gasteiger partial charge in [0.15, 0.2) is 11.5 Å². The molecule has 160 valence electrons. The molecule has 1 N–H and O–H groups in total. The summed E-state index contributed by atoms with van der Waals surface area (Å²) in [5.41, 5.74) is 4.74. The third-order valence-corrected chi connectivity index (χ3v) is 8.00. The predicted octanol–water partition coefficient (Wildman–Crippen LogP) is 4.76. The van der Waals surface area contributed by atoms with Crippen LogP contribution in [-0.4, -0.2) is 51.0 Å². The molecule has 3 aliphatic carbocycles. The summed E-state index contributed by atoms with van der Waals surface area (Å²) >= 11 is 0. The summed E-state index contributed by atoms with van der Waals surface area (Å²) in [6, 6.07) is 4.07. The van der Waals surface area contributed by atoms with Crippen molar-refractivity contribution in [2.75, 3.05) is 41.0 Å². The fourth-order valence-electron chi connectivity index (χ4n) is 6.42. The Bertz CT molecular complexity index is 772. The average molecular weight is 400 g/mol. The number of methoxy groups -OCH3 is 1. The minimum Gasteiger partial charge on any atom is -0.504 e. The van der Waals surface area contributed by atoms with Crippen LogP contribution in [0.25, 0.3) is 0 Å². The van der Waals surface area contributed by atoms with E-state index in [1.54, 1.807) is 12.7 Å². The number of fused-ring (bicyclic) bond motifs is 5. The summed E-state index contributed by atoms with van der Waals surface area (Å²) in [6.45, 7) is 5.04. The molecule has 4 heteroatoms.